The van der Waals surface area contributed by atoms with Crippen LogP contribution in [0.2, 0.25) is 13.3 Å². The van der Waals surface area contributed by atoms with E-state index in [2.05, 4.69) is 20.8 Å². The summed E-state index contributed by atoms with van der Waals surface area (Å²) in [4.78, 5) is 0. The molecule has 0 saturated heterocycles. The summed E-state index contributed by atoms with van der Waals surface area (Å²) in [5, 5.41) is 0. The van der Waals surface area contributed by atoms with Crippen LogP contribution in [-0.2, 0) is 0 Å². The Morgan fingerprint density at radius 1 is 0.947 bits per heavy atom. The molecule has 1 aromatic heterocycles. The molecule has 0 aromatic carbocycles. The molecule has 0 unspecified atom stereocenters. The Hall–Kier alpha value is 0.877. The van der Waals surface area contributed by atoms with E-state index in [4.69, 9.17) is 4.42 Å². The molecule has 0 aliphatic rings. The van der Waals surface area contributed by atoms with E-state index in [1.54, 1.807) is 19.6 Å². The predicted molar refractivity (Wildman–Crippen MR) is 89.0 cm³/mol. The summed E-state index contributed by atoms with van der Waals surface area (Å²) in [6.45, 7) is 7.00. The molecule has 0 N–H and O–H groups in total. The fourth-order valence-corrected chi connectivity index (χ4v) is 11.9. The van der Waals surface area contributed by atoms with Crippen molar-refractivity contribution in [1.82, 2.24) is 0 Å². The summed E-state index contributed by atoms with van der Waals surface area (Å²) in [5.74, 6) is 0. The van der Waals surface area contributed by atoms with Crippen LogP contribution >= 0.6 is 0 Å². The van der Waals surface area contributed by atoms with E-state index in [0.29, 0.717) is 0 Å². The number of furan rings is 1. The molecule has 0 spiro atoms. The van der Waals surface area contributed by atoms with E-state index in [9.17, 15) is 0 Å². The Bertz CT molecular complexity index is 241. The van der Waals surface area contributed by atoms with Gasteiger partial charge in [0.1, 0.15) is 0 Å². The van der Waals surface area contributed by atoms with Gasteiger partial charge in [0, 0.05) is 0 Å². The third-order valence-corrected chi connectivity index (χ3v) is 13.1. The van der Waals surface area contributed by atoms with Crippen LogP contribution < -0.4 is 3.78 Å². The van der Waals surface area contributed by atoms with Crippen LogP contribution in [0.3, 0.4) is 0 Å². The maximum atomic E-state index is 4.87. The van der Waals surface area contributed by atoms with Crippen LogP contribution in [0.25, 0.3) is 0 Å². The number of rotatable bonds is 9. The molecule has 1 rings (SSSR count). The van der Waals surface area contributed by atoms with Crippen LogP contribution in [0.4, 0.5) is 0 Å². The van der Waals surface area contributed by atoms with Crippen molar-refractivity contribution < 1.29 is 4.42 Å². The zero-order chi connectivity index (χ0) is 14.3. The number of hydrogen-bond acceptors (Lipinski definition) is 1. The molecule has 0 amide bonds. The van der Waals surface area contributed by atoms with Crippen molar-refractivity contribution in [1.29, 1.82) is 0 Å². The third-order valence-electron chi connectivity index (χ3n) is 3.17. The van der Waals surface area contributed by atoms with Gasteiger partial charge in [-0.3, -0.25) is 0 Å². The van der Waals surface area contributed by atoms with E-state index >= 15 is 0 Å². The summed E-state index contributed by atoms with van der Waals surface area (Å²) in [6, 6.07) is 3.85. The number of hydrogen-bond donors (Lipinski definition) is 0. The van der Waals surface area contributed by atoms with Gasteiger partial charge >= 0.3 is 141 Å². The zero-order valence-corrected chi connectivity index (χ0v) is 18.7. The summed E-state index contributed by atoms with van der Waals surface area (Å²) >= 11 is 0.502. The minimum atomic E-state index is -0.839. The molecule has 19 heavy (non-hydrogen) atoms. The Balaban J connectivity index is 0.000000443. The predicted octanol–water partition coefficient (Wildman–Crippen LogP) is 4.95. The van der Waals surface area contributed by atoms with E-state index < -0.39 is 19.8 Å². The molecule has 1 nitrogen and oxygen atoms in total. The molecule has 3 heteroatoms. The van der Waals surface area contributed by atoms with E-state index in [0.717, 1.165) is 3.78 Å². The Labute approximate surface area is 140 Å². The van der Waals surface area contributed by atoms with Gasteiger partial charge in [0.2, 0.25) is 0 Å². The quantitative estimate of drug-likeness (QED) is 0.460. The second kappa shape index (κ2) is 15.3. The molecular formula is C16H30OSn2. The molecule has 108 valence electrons. The van der Waals surface area contributed by atoms with Gasteiger partial charge < -0.3 is 0 Å². The molecule has 0 atom stereocenters. The molecule has 0 fully saturated rings. The summed E-state index contributed by atoms with van der Waals surface area (Å²) < 4.78 is 11.0. The first-order valence-electron chi connectivity index (χ1n) is 7.83. The van der Waals surface area contributed by atoms with Crippen LogP contribution in [-0.4, -0.2) is 42.3 Å². The van der Waals surface area contributed by atoms with Crippen molar-refractivity contribution in [2.75, 3.05) is 0 Å². The van der Waals surface area contributed by atoms with Crippen LogP contribution in [0.15, 0.2) is 22.8 Å². The summed E-state index contributed by atoms with van der Waals surface area (Å²) in [7, 11) is 0. The first-order valence-corrected chi connectivity index (χ1v) is 15.3. The van der Waals surface area contributed by atoms with Gasteiger partial charge in [-0.15, -0.1) is 0 Å². The van der Waals surface area contributed by atoms with Gasteiger partial charge in [0.15, 0.2) is 0 Å². The SMILES string of the molecule is CCC[CH2][Sn]([CH2]CCC)[CH2]CCC.[Sn][c]1ccco1. The standard InChI is InChI=1S/C4H3O.3C4H9.2Sn/c1-2-4-5-3-1;3*1-3-4-2;;/h1-3H;3*1,3-4H2,2H3;;. The van der Waals surface area contributed by atoms with Gasteiger partial charge in [0.25, 0.3) is 0 Å². The molecule has 0 aliphatic carbocycles. The molecule has 1 aromatic rings. The zero-order valence-electron chi connectivity index (χ0n) is 13.0. The minimum absolute atomic E-state index is 0.839. The normalized spacial score (nSPS) is 10.4. The van der Waals surface area contributed by atoms with Gasteiger partial charge in [-0.25, -0.2) is 0 Å². The van der Waals surface area contributed by atoms with E-state index in [1.165, 1.54) is 61.0 Å². The van der Waals surface area contributed by atoms with Gasteiger partial charge in [-0.2, -0.15) is 0 Å². The molecule has 1 heterocycles. The van der Waals surface area contributed by atoms with Gasteiger partial charge in [-0.05, 0) is 0 Å². The topological polar surface area (TPSA) is 13.1 Å². The van der Waals surface area contributed by atoms with Crippen LogP contribution in [0, 0.1) is 0 Å². The van der Waals surface area contributed by atoms with Crippen molar-refractivity contribution in [3.63, 3.8) is 0 Å². The van der Waals surface area contributed by atoms with Crippen molar-refractivity contribution in [3.05, 3.63) is 18.4 Å². The van der Waals surface area contributed by atoms with Crippen molar-refractivity contribution in [2.24, 2.45) is 0 Å². The fraction of sp³-hybridized carbons (Fsp3) is 0.750. The average molecular weight is 476 g/mol. The Morgan fingerprint density at radius 3 is 1.63 bits per heavy atom. The van der Waals surface area contributed by atoms with E-state index in [1.807, 2.05) is 12.1 Å². The molecule has 0 aliphatic heterocycles. The monoisotopic (exact) mass is 478 g/mol. The molecule has 0 saturated carbocycles. The average Bonchev–Trinajstić information content (AvgIpc) is 2.90. The molecule has 4 radical (unpaired) electrons. The van der Waals surface area contributed by atoms with Crippen molar-refractivity contribution in [3.8, 4) is 0 Å². The second-order valence-corrected chi connectivity index (χ2v) is 15.0. The second-order valence-electron chi connectivity index (χ2n) is 5.04. The van der Waals surface area contributed by atoms with Crippen molar-refractivity contribution >= 4 is 46.1 Å². The molecular weight excluding hydrogens is 446 g/mol. The Morgan fingerprint density at radius 2 is 1.42 bits per heavy atom. The van der Waals surface area contributed by atoms with E-state index in [-0.39, 0.29) is 0 Å². The van der Waals surface area contributed by atoms with Crippen LogP contribution in [0.1, 0.15) is 59.3 Å². The van der Waals surface area contributed by atoms with Gasteiger partial charge in [-0.1, -0.05) is 0 Å². The first-order chi connectivity index (χ1) is 9.24. The Kier molecular flexibility index (Phi) is 16.0. The summed E-state index contributed by atoms with van der Waals surface area (Å²) in [5.41, 5.74) is 0. The van der Waals surface area contributed by atoms with Crippen LogP contribution in [0.5, 0.6) is 0 Å². The number of unbranched alkanes of at least 4 members (excludes halogenated alkanes) is 3. The molecule has 0 bridgehead atoms. The first kappa shape index (κ1) is 19.9. The summed E-state index contributed by atoms with van der Waals surface area (Å²) in [6.07, 6.45) is 10.5. The van der Waals surface area contributed by atoms with Gasteiger partial charge in [0.05, 0.1) is 0 Å². The fourth-order valence-electron chi connectivity index (χ4n) is 1.93. The van der Waals surface area contributed by atoms with Crippen molar-refractivity contribution in [2.45, 2.75) is 72.6 Å². The third kappa shape index (κ3) is 13.6. The maximum absolute atomic E-state index is 4.87.